The monoisotopic (exact) mass is 283 g/mol. The van der Waals surface area contributed by atoms with Crippen LogP contribution in [-0.2, 0) is 4.79 Å². The van der Waals surface area contributed by atoms with Crippen LogP contribution in [-0.4, -0.2) is 43.1 Å². The standard InChI is InChI=1S/C17H34N2O/c1-5-9-10-11-12-13-14-17(20)18-15-16-19(6-2,7-3)8-4/h11-12H,5-10,13-16H2,1-4H3/p+1/b12-11+. The summed E-state index contributed by atoms with van der Waals surface area (Å²) in [7, 11) is 0. The lowest BCUT2D eigenvalue weighted by molar-refractivity contribution is -0.922. The van der Waals surface area contributed by atoms with Crippen LogP contribution in [0.15, 0.2) is 12.2 Å². The van der Waals surface area contributed by atoms with Gasteiger partial charge in [0.2, 0.25) is 5.91 Å². The minimum Gasteiger partial charge on any atom is -0.350 e. The fourth-order valence-electron chi connectivity index (χ4n) is 2.44. The van der Waals surface area contributed by atoms with Gasteiger partial charge in [0.05, 0.1) is 32.7 Å². The minimum absolute atomic E-state index is 0.187. The quantitative estimate of drug-likeness (QED) is 0.331. The van der Waals surface area contributed by atoms with Crippen molar-refractivity contribution in [2.45, 2.75) is 59.8 Å². The summed E-state index contributed by atoms with van der Waals surface area (Å²) in [5, 5.41) is 3.05. The number of carbonyl (C=O) groups is 1. The average Bonchev–Trinajstić information content (AvgIpc) is 2.48. The van der Waals surface area contributed by atoms with Crippen LogP contribution in [0.1, 0.15) is 59.8 Å². The van der Waals surface area contributed by atoms with E-state index in [0.717, 1.165) is 50.0 Å². The molecule has 0 unspecified atom stereocenters. The van der Waals surface area contributed by atoms with Crippen LogP contribution >= 0.6 is 0 Å². The third-order valence-corrected chi connectivity index (χ3v) is 4.35. The number of hydrogen-bond donors (Lipinski definition) is 1. The van der Waals surface area contributed by atoms with Crippen LogP contribution in [0.4, 0.5) is 0 Å². The maximum atomic E-state index is 11.7. The van der Waals surface area contributed by atoms with Crippen molar-refractivity contribution in [2.75, 3.05) is 32.7 Å². The molecule has 0 aliphatic carbocycles. The SMILES string of the molecule is CCCC/C=C/CCC(=O)NCC[N+](CC)(CC)CC. The topological polar surface area (TPSA) is 29.1 Å². The Kier molecular flexibility index (Phi) is 11.5. The van der Waals surface area contributed by atoms with Gasteiger partial charge in [-0.05, 0) is 33.6 Å². The molecule has 0 spiro atoms. The molecule has 3 heteroatoms. The Bertz CT molecular complexity index is 262. The largest absolute Gasteiger partial charge is 0.350 e. The second kappa shape index (κ2) is 12.0. The molecule has 0 fully saturated rings. The Balaban J connectivity index is 3.75. The molecule has 0 aliphatic rings. The van der Waals surface area contributed by atoms with Crippen LogP contribution in [0.25, 0.3) is 0 Å². The minimum atomic E-state index is 0.187. The zero-order valence-corrected chi connectivity index (χ0v) is 14.1. The van der Waals surface area contributed by atoms with Gasteiger partial charge >= 0.3 is 0 Å². The Hall–Kier alpha value is -0.830. The third-order valence-electron chi connectivity index (χ3n) is 4.35. The molecule has 0 atom stereocenters. The summed E-state index contributed by atoms with van der Waals surface area (Å²) in [6.45, 7) is 14.2. The van der Waals surface area contributed by atoms with Crippen LogP contribution in [0.5, 0.6) is 0 Å². The molecule has 0 radical (unpaired) electrons. The van der Waals surface area contributed by atoms with E-state index in [0.29, 0.717) is 6.42 Å². The maximum absolute atomic E-state index is 11.7. The van der Waals surface area contributed by atoms with E-state index in [1.807, 2.05) is 0 Å². The maximum Gasteiger partial charge on any atom is 0.220 e. The summed E-state index contributed by atoms with van der Waals surface area (Å²) in [5.41, 5.74) is 0. The molecule has 1 N–H and O–H groups in total. The zero-order chi connectivity index (χ0) is 15.3. The van der Waals surface area contributed by atoms with E-state index >= 15 is 0 Å². The van der Waals surface area contributed by atoms with Crippen molar-refractivity contribution in [2.24, 2.45) is 0 Å². The molecule has 0 heterocycles. The van der Waals surface area contributed by atoms with Crippen molar-refractivity contribution in [1.82, 2.24) is 5.32 Å². The van der Waals surface area contributed by atoms with E-state index in [4.69, 9.17) is 0 Å². The number of unbranched alkanes of at least 4 members (excludes halogenated alkanes) is 2. The molecule has 0 saturated heterocycles. The Morgan fingerprint density at radius 1 is 1.00 bits per heavy atom. The predicted octanol–water partition coefficient (Wildman–Crippen LogP) is 3.51. The molecule has 0 aromatic rings. The van der Waals surface area contributed by atoms with Gasteiger partial charge in [-0.3, -0.25) is 4.79 Å². The van der Waals surface area contributed by atoms with E-state index in [2.05, 4.69) is 45.2 Å². The molecule has 3 nitrogen and oxygen atoms in total. The summed E-state index contributed by atoms with van der Waals surface area (Å²) in [5.74, 6) is 0.187. The molecular formula is C17H35N2O+. The first-order valence-electron chi connectivity index (χ1n) is 8.40. The Labute approximate surface area is 126 Å². The van der Waals surface area contributed by atoms with Gasteiger partial charge in [-0.2, -0.15) is 0 Å². The zero-order valence-electron chi connectivity index (χ0n) is 14.1. The number of likely N-dealkylation sites (N-methyl/N-ethyl adjacent to an activating group) is 1. The van der Waals surface area contributed by atoms with Crippen LogP contribution in [0.3, 0.4) is 0 Å². The second-order valence-corrected chi connectivity index (χ2v) is 5.52. The third kappa shape index (κ3) is 8.36. The smallest absolute Gasteiger partial charge is 0.220 e. The van der Waals surface area contributed by atoms with Crippen molar-refractivity contribution in [3.63, 3.8) is 0 Å². The Morgan fingerprint density at radius 2 is 1.60 bits per heavy atom. The highest BCUT2D eigenvalue weighted by Crippen LogP contribution is 2.04. The van der Waals surface area contributed by atoms with Crippen molar-refractivity contribution in [3.8, 4) is 0 Å². The lowest BCUT2D eigenvalue weighted by atomic mass is 10.2. The molecule has 1 amide bonds. The van der Waals surface area contributed by atoms with Crippen molar-refractivity contribution >= 4 is 5.91 Å². The fraction of sp³-hybridized carbons (Fsp3) is 0.824. The van der Waals surface area contributed by atoms with Crippen molar-refractivity contribution < 1.29 is 9.28 Å². The van der Waals surface area contributed by atoms with Gasteiger partial charge < -0.3 is 9.80 Å². The summed E-state index contributed by atoms with van der Waals surface area (Å²) < 4.78 is 1.09. The van der Waals surface area contributed by atoms with E-state index in [-0.39, 0.29) is 5.91 Å². The van der Waals surface area contributed by atoms with Crippen LogP contribution in [0.2, 0.25) is 0 Å². The first-order valence-corrected chi connectivity index (χ1v) is 8.40. The second-order valence-electron chi connectivity index (χ2n) is 5.52. The molecule has 118 valence electrons. The van der Waals surface area contributed by atoms with E-state index in [1.165, 1.54) is 12.8 Å². The molecule has 0 aromatic carbocycles. The lowest BCUT2D eigenvalue weighted by Gasteiger charge is -2.35. The lowest BCUT2D eigenvalue weighted by Crippen LogP contribution is -2.51. The predicted molar refractivity (Wildman–Crippen MR) is 87.7 cm³/mol. The van der Waals surface area contributed by atoms with E-state index in [9.17, 15) is 4.79 Å². The molecule has 0 bridgehead atoms. The fourth-order valence-corrected chi connectivity index (χ4v) is 2.44. The summed E-state index contributed by atoms with van der Waals surface area (Å²) in [6, 6.07) is 0. The van der Waals surface area contributed by atoms with E-state index < -0.39 is 0 Å². The number of amides is 1. The number of nitrogens with one attached hydrogen (secondary N) is 1. The number of rotatable bonds is 12. The first-order chi connectivity index (χ1) is 9.64. The molecule has 20 heavy (non-hydrogen) atoms. The van der Waals surface area contributed by atoms with Crippen molar-refractivity contribution in [3.05, 3.63) is 12.2 Å². The van der Waals surface area contributed by atoms with Crippen LogP contribution in [0, 0.1) is 0 Å². The summed E-state index contributed by atoms with van der Waals surface area (Å²) in [6.07, 6.45) is 9.44. The number of quaternary nitrogens is 1. The van der Waals surface area contributed by atoms with Gasteiger partial charge in [0.15, 0.2) is 0 Å². The van der Waals surface area contributed by atoms with Gasteiger partial charge in [0.1, 0.15) is 0 Å². The van der Waals surface area contributed by atoms with E-state index in [1.54, 1.807) is 0 Å². The number of hydrogen-bond acceptors (Lipinski definition) is 1. The number of nitrogens with zero attached hydrogens (tertiary/aromatic N) is 1. The Morgan fingerprint density at radius 3 is 2.15 bits per heavy atom. The van der Waals surface area contributed by atoms with Gasteiger partial charge in [0, 0.05) is 6.42 Å². The number of carbonyl (C=O) groups excluding carboxylic acids is 1. The van der Waals surface area contributed by atoms with Gasteiger partial charge in [-0.25, -0.2) is 0 Å². The summed E-state index contributed by atoms with van der Waals surface area (Å²) >= 11 is 0. The molecule has 0 saturated carbocycles. The molecule has 0 rings (SSSR count). The highest BCUT2D eigenvalue weighted by atomic mass is 16.1. The molecule has 0 aromatic heterocycles. The number of allylic oxidation sites excluding steroid dienone is 2. The van der Waals surface area contributed by atoms with Crippen LogP contribution < -0.4 is 5.32 Å². The van der Waals surface area contributed by atoms with Gasteiger partial charge in [0.25, 0.3) is 0 Å². The normalized spacial score (nSPS) is 12.0. The molecule has 0 aliphatic heterocycles. The average molecular weight is 283 g/mol. The highest BCUT2D eigenvalue weighted by molar-refractivity contribution is 5.75. The van der Waals surface area contributed by atoms with Gasteiger partial charge in [-0.15, -0.1) is 0 Å². The van der Waals surface area contributed by atoms with Crippen molar-refractivity contribution in [1.29, 1.82) is 0 Å². The van der Waals surface area contributed by atoms with Gasteiger partial charge in [-0.1, -0.05) is 31.9 Å². The molecular weight excluding hydrogens is 248 g/mol. The summed E-state index contributed by atoms with van der Waals surface area (Å²) in [4.78, 5) is 11.7. The highest BCUT2D eigenvalue weighted by Gasteiger charge is 2.19. The first kappa shape index (κ1) is 19.2.